The van der Waals surface area contributed by atoms with E-state index in [4.69, 9.17) is 14.5 Å². The fourth-order valence-corrected chi connectivity index (χ4v) is 8.56. The second-order valence-corrected chi connectivity index (χ2v) is 13.1. The third-order valence-corrected chi connectivity index (χ3v) is 10.7. The van der Waals surface area contributed by atoms with Gasteiger partial charge in [-0.05, 0) is 98.9 Å². The number of fused-ring (bicyclic) bond motifs is 4. The second-order valence-electron chi connectivity index (χ2n) is 12.2. The van der Waals surface area contributed by atoms with Crippen molar-refractivity contribution < 1.29 is 14.3 Å². The molecule has 218 valence electrons. The zero-order chi connectivity index (χ0) is 28.2. The van der Waals surface area contributed by atoms with Crippen LogP contribution in [0.1, 0.15) is 66.8 Å². The topological polar surface area (TPSA) is 87.5 Å². The van der Waals surface area contributed by atoms with Gasteiger partial charge in [-0.1, -0.05) is 0 Å². The van der Waals surface area contributed by atoms with Crippen LogP contribution in [-0.4, -0.2) is 64.9 Å². The number of carbonyl (C=O) groups excluding carboxylic acids is 1. The number of nitrogens with zero attached hydrogens (tertiary/aromatic N) is 4. The Balaban J connectivity index is 0.00000135. The molecule has 0 unspecified atom stereocenters. The van der Waals surface area contributed by atoms with Crippen LogP contribution in [0, 0.1) is 11.8 Å². The molecule has 4 aromatic rings. The molecular weight excluding hydrogens is 534 g/mol. The van der Waals surface area contributed by atoms with Crippen LogP contribution in [0.3, 0.4) is 0 Å². The Kier molecular flexibility index (Phi) is 7.07. The van der Waals surface area contributed by atoms with Gasteiger partial charge in [0, 0.05) is 45.0 Å². The molecule has 0 spiro atoms. The monoisotopic (exact) mass is 575 g/mol. The Morgan fingerprint density at radius 1 is 1.10 bits per heavy atom. The highest BCUT2D eigenvalue weighted by Gasteiger charge is 2.40. The molecule has 4 aliphatic rings. The highest BCUT2D eigenvalue weighted by Crippen LogP contribution is 2.44. The van der Waals surface area contributed by atoms with Crippen molar-refractivity contribution in [1.29, 1.82) is 0 Å². The number of methoxy groups -OCH3 is 1. The van der Waals surface area contributed by atoms with E-state index in [-0.39, 0.29) is 5.91 Å². The number of carbonyl (C=O) groups is 1. The van der Waals surface area contributed by atoms with Gasteiger partial charge in [0.05, 0.1) is 28.5 Å². The molecule has 9 heteroatoms. The molecule has 4 fully saturated rings. The van der Waals surface area contributed by atoms with Crippen LogP contribution in [0.25, 0.3) is 32.8 Å². The summed E-state index contributed by atoms with van der Waals surface area (Å²) in [5, 5.41) is 2.38. The van der Waals surface area contributed by atoms with E-state index >= 15 is 0 Å². The number of piperidine rings is 1. The Bertz CT molecular complexity index is 1590. The molecular formula is C32H41N5O3S. The van der Waals surface area contributed by atoms with E-state index in [9.17, 15) is 4.79 Å². The molecule has 2 saturated heterocycles. The van der Waals surface area contributed by atoms with Gasteiger partial charge < -0.3 is 29.2 Å². The highest BCUT2D eigenvalue weighted by atomic mass is 32.1. The van der Waals surface area contributed by atoms with E-state index in [0.29, 0.717) is 29.2 Å². The van der Waals surface area contributed by atoms with Crippen LogP contribution in [-0.2, 0) is 18.3 Å². The highest BCUT2D eigenvalue weighted by molar-refractivity contribution is 7.17. The van der Waals surface area contributed by atoms with E-state index in [1.165, 1.54) is 47.8 Å². The number of aryl methyl sites for hydroxylation is 1. The predicted molar refractivity (Wildman–Crippen MR) is 164 cm³/mol. The van der Waals surface area contributed by atoms with E-state index in [0.717, 1.165) is 74.8 Å². The molecule has 2 aliphatic carbocycles. The summed E-state index contributed by atoms with van der Waals surface area (Å²) >= 11 is 1.86. The number of benzene rings is 1. The van der Waals surface area contributed by atoms with E-state index in [2.05, 4.69) is 38.3 Å². The summed E-state index contributed by atoms with van der Waals surface area (Å²) in [7, 11) is 5.27. The first-order valence-electron chi connectivity index (χ1n) is 15.2. The number of rotatable bonds is 6. The summed E-state index contributed by atoms with van der Waals surface area (Å²) in [6.07, 6.45) is 8.34. The summed E-state index contributed by atoms with van der Waals surface area (Å²) in [6, 6.07) is 6.64. The van der Waals surface area contributed by atoms with E-state index in [1.54, 1.807) is 7.11 Å². The third-order valence-electron chi connectivity index (χ3n) is 9.75. The standard InChI is InChI=1S/C31H36N4O3S.CH5N/c1-33-29-24(12-21(13-26(29)37-2)31(36)34-16-19-5-6-22(34)11-19)32-30(33)25-14-27-28(35(25)15-18-3-4-18)23(17-39-27)20-7-9-38-10-8-20;1-2/h12-14,17-20,22H,3-11,15-16H2,1-2H3;2H2,1H3/t19-,22+;/m0./s1. The molecule has 8 rings (SSSR count). The number of thiophene rings is 1. The molecule has 3 aromatic heterocycles. The molecule has 0 radical (unpaired) electrons. The largest absolute Gasteiger partial charge is 0.494 e. The van der Waals surface area contributed by atoms with Crippen LogP contribution in [0.2, 0.25) is 0 Å². The zero-order valence-electron chi connectivity index (χ0n) is 24.4. The average molecular weight is 576 g/mol. The molecule has 2 atom stereocenters. The normalized spacial score (nSPS) is 22.5. The van der Waals surface area contributed by atoms with Crippen LogP contribution in [0.4, 0.5) is 0 Å². The molecule has 2 aliphatic heterocycles. The second kappa shape index (κ2) is 10.7. The number of likely N-dealkylation sites (tertiary alicyclic amines) is 1. The van der Waals surface area contributed by atoms with Crippen molar-refractivity contribution in [2.75, 3.05) is 33.9 Å². The van der Waals surface area contributed by atoms with Crippen molar-refractivity contribution in [2.24, 2.45) is 24.6 Å². The Morgan fingerprint density at radius 3 is 2.59 bits per heavy atom. The van der Waals surface area contributed by atoms with Crippen molar-refractivity contribution in [3.63, 3.8) is 0 Å². The zero-order valence-corrected chi connectivity index (χ0v) is 25.2. The average Bonchev–Trinajstić information content (AvgIpc) is 3.40. The lowest BCUT2D eigenvalue weighted by Crippen LogP contribution is -2.37. The van der Waals surface area contributed by atoms with E-state index in [1.807, 2.05) is 23.5 Å². The van der Waals surface area contributed by atoms with Crippen molar-refractivity contribution in [1.82, 2.24) is 19.0 Å². The minimum atomic E-state index is 0.119. The van der Waals surface area contributed by atoms with Crippen molar-refractivity contribution in [2.45, 2.75) is 63.5 Å². The lowest BCUT2D eigenvalue weighted by atomic mass is 9.93. The van der Waals surface area contributed by atoms with Gasteiger partial charge in [0.2, 0.25) is 0 Å². The Labute approximate surface area is 245 Å². The molecule has 2 N–H and O–H groups in total. The summed E-state index contributed by atoms with van der Waals surface area (Å²) in [5.74, 6) is 3.74. The van der Waals surface area contributed by atoms with Crippen LogP contribution in [0.5, 0.6) is 5.75 Å². The summed E-state index contributed by atoms with van der Waals surface area (Å²) in [5.41, 5.74) is 11.0. The molecule has 8 nitrogen and oxygen atoms in total. The molecule has 2 bridgehead atoms. The van der Waals surface area contributed by atoms with Gasteiger partial charge >= 0.3 is 0 Å². The van der Waals surface area contributed by atoms with E-state index < -0.39 is 0 Å². The number of hydrogen-bond acceptors (Lipinski definition) is 6. The minimum absolute atomic E-state index is 0.119. The fraction of sp³-hybridized carbons (Fsp3) is 0.562. The summed E-state index contributed by atoms with van der Waals surface area (Å²) < 4.78 is 17.6. The lowest BCUT2D eigenvalue weighted by Gasteiger charge is -2.27. The van der Waals surface area contributed by atoms with Crippen molar-refractivity contribution >= 4 is 38.5 Å². The number of amides is 1. The predicted octanol–water partition coefficient (Wildman–Crippen LogP) is 5.77. The van der Waals surface area contributed by atoms with Gasteiger partial charge in [0.1, 0.15) is 11.3 Å². The number of imidazole rings is 1. The molecule has 41 heavy (non-hydrogen) atoms. The van der Waals surface area contributed by atoms with Crippen molar-refractivity contribution in [3.05, 3.63) is 34.7 Å². The first-order valence-corrected chi connectivity index (χ1v) is 16.1. The number of ether oxygens (including phenoxy) is 2. The number of nitrogens with two attached hydrogens (primary N) is 1. The smallest absolute Gasteiger partial charge is 0.254 e. The minimum Gasteiger partial charge on any atom is -0.494 e. The molecule has 1 amide bonds. The third kappa shape index (κ3) is 4.57. The van der Waals surface area contributed by atoms with Gasteiger partial charge in [-0.2, -0.15) is 0 Å². The van der Waals surface area contributed by atoms with Gasteiger partial charge in [-0.3, -0.25) is 4.79 Å². The molecule has 5 heterocycles. The maximum atomic E-state index is 13.6. The fourth-order valence-electron chi connectivity index (χ4n) is 7.48. The van der Waals surface area contributed by atoms with Crippen LogP contribution in [0.15, 0.2) is 23.6 Å². The number of aromatic nitrogens is 3. The lowest BCUT2D eigenvalue weighted by molar-refractivity contribution is 0.0703. The number of hydrogen-bond donors (Lipinski definition) is 1. The first kappa shape index (κ1) is 27.0. The maximum Gasteiger partial charge on any atom is 0.254 e. The van der Waals surface area contributed by atoms with Crippen LogP contribution < -0.4 is 10.5 Å². The SMILES string of the molecule is CN.COc1cc(C(=O)N2C[C@H]3CC[C@@H]2C3)cc2nc(-c3cc4scc(C5CCOCC5)c4n3CC3CC3)n(C)c12. The first-order chi connectivity index (χ1) is 20.1. The Morgan fingerprint density at radius 2 is 1.90 bits per heavy atom. The maximum absolute atomic E-state index is 13.6. The van der Waals surface area contributed by atoms with Crippen molar-refractivity contribution in [3.8, 4) is 17.3 Å². The van der Waals surface area contributed by atoms with Gasteiger partial charge in [0.15, 0.2) is 5.82 Å². The Hall–Kier alpha value is -2.88. The van der Waals surface area contributed by atoms with Crippen LogP contribution >= 0.6 is 11.3 Å². The summed E-state index contributed by atoms with van der Waals surface area (Å²) in [4.78, 5) is 20.9. The van der Waals surface area contributed by atoms with Gasteiger partial charge in [0.25, 0.3) is 5.91 Å². The quantitative estimate of drug-likeness (QED) is 0.316. The van der Waals surface area contributed by atoms with Gasteiger partial charge in [-0.25, -0.2) is 4.98 Å². The molecule has 2 saturated carbocycles. The van der Waals surface area contributed by atoms with Gasteiger partial charge in [-0.15, -0.1) is 11.3 Å². The molecule has 1 aromatic carbocycles. The summed E-state index contributed by atoms with van der Waals surface area (Å²) in [6.45, 7) is 3.62.